The molecule has 0 rings (SSSR count). The molecule has 0 unspecified atom stereocenters. The average Bonchev–Trinajstić information content (AvgIpc) is 0.811. The van der Waals surface area contributed by atoms with E-state index in [1.807, 2.05) is 0 Å². The van der Waals surface area contributed by atoms with Gasteiger partial charge in [0.1, 0.15) is 0 Å². The van der Waals surface area contributed by atoms with Gasteiger partial charge in [0.2, 0.25) is 0 Å². The van der Waals surface area contributed by atoms with Crippen molar-refractivity contribution in [2.75, 3.05) is 0 Å². The van der Waals surface area contributed by atoms with Crippen LogP contribution in [0.4, 0.5) is 0 Å². The van der Waals surface area contributed by atoms with Crippen molar-refractivity contribution in [3.63, 3.8) is 0 Å². The zero-order chi connectivity index (χ0) is 3.58. The van der Waals surface area contributed by atoms with Gasteiger partial charge in [0.25, 0.3) is 0 Å². The largest absolute Gasteiger partial charge is 0.447 e. The fourth-order valence-corrected chi connectivity index (χ4v) is 0. The Morgan fingerprint density at radius 3 is 0.714 bits per heavy atom. The molecule has 0 aromatic rings. The third-order valence-electron chi connectivity index (χ3n) is 0. The number of hydrogen-bond acceptors (Lipinski definition) is 0. The summed E-state index contributed by atoms with van der Waals surface area (Å²) in [5, 5.41) is 0. The molecule has 0 fully saturated rings. The Balaban J connectivity index is -0.0000000150. The first-order chi connectivity index (χ1) is 1.73. The van der Waals surface area contributed by atoms with Crippen LogP contribution in [0.5, 0.6) is 0 Å². The van der Waals surface area contributed by atoms with Crippen LogP contribution in [0.1, 0.15) is 0 Å². The average molecular weight is 322 g/mol. The molecule has 35 valence electrons. The molecular weight excluding hydrogens is 315 g/mol. The fourth-order valence-electron chi connectivity index (χ4n) is 0. The van der Waals surface area contributed by atoms with E-state index in [-0.39, 0.29) is 104 Å². The van der Waals surface area contributed by atoms with Crippen LogP contribution < -0.4 is 0 Å². The predicted molar refractivity (Wildman–Crippen MR) is 19.6 cm³/mol. The molecule has 3 radical (unpaired) electrons. The molecule has 0 atom stereocenters. The van der Waals surface area contributed by atoms with E-state index in [4.69, 9.17) is 0 Å². The van der Waals surface area contributed by atoms with Gasteiger partial charge in [-0.1, -0.05) is 0 Å². The molecular formula is C4H7Y3-3. The second kappa shape index (κ2) is 16.1. The molecule has 0 saturated heterocycles. The summed E-state index contributed by atoms with van der Waals surface area (Å²) in [6.45, 7) is 10.2. The van der Waals surface area contributed by atoms with Crippen molar-refractivity contribution in [1.29, 1.82) is 0 Å². The normalized spacial score (nSPS) is 5.14. The van der Waals surface area contributed by atoms with Gasteiger partial charge in [-0.05, 0) is 0 Å². The summed E-state index contributed by atoms with van der Waals surface area (Å²) in [6, 6.07) is 0. The van der Waals surface area contributed by atoms with Gasteiger partial charge in [-0.25, -0.2) is 0 Å². The molecule has 0 saturated carbocycles. The maximum atomic E-state index is 3.42. The molecule has 0 bridgehead atoms. The van der Waals surface area contributed by atoms with E-state index in [1.54, 1.807) is 0 Å². The van der Waals surface area contributed by atoms with Crippen LogP contribution in [-0.4, -0.2) is 0 Å². The molecule has 0 aliphatic heterocycles. The maximum absolute atomic E-state index is 3.42. The Bertz CT molecular complexity index is 11.7. The Morgan fingerprint density at radius 1 is 0.714 bits per heavy atom. The Hall–Kier alpha value is 3.31. The summed E-state index contributed by atoms with van der Waals surface area (Å²) >= 11 is 0. The van der Waals surface area contributed by atoms with Crippen LogP contribution in [0, 0.1) is 26.7 Å². The van der Waals surface area contributed by atoms with Gasteiger partial charge >= 0.3 is 0 Å². The first-order valence-corrected chi connectivity index (χ1v) is 1.22. The van der Waals surface area contributed by atoms with Gasteiger partial charge < -0.3 is 26.7 Å². The van der Waals surface area contributed by atoms with E-state index in [1.165, 1.54) is 0 Å². The van der Waals surface area contributed by atoms with E-state index in [0.717, 1.165) is 0 Å². The van der Waals surface area contributed by atoms with Crippen LogP contribution in [0.2, 0.25) is 0 Å². The van der Waals surface area contributed by atoms with E-state index < -0.39 is 0 Å². The summed E-state index contributed by atoms with van der Waals surface area (Å²) < 4.78 is 0. The van der Waals surface area contributed by atoms with Crippen molar-refractivity contribution in [1.82, 2.24) is 0 Å². The molecule has 0 amide bonds. The van der Waals surface area contributed by atoms with Crippen molar-refractivity contribution in [3.8, 4) is 0 Å². The fraction of sp³-hybridized carbons (Fsp3) is 0.250. The standard InChI is InChI=1S/C4H7.3Y/c1-4(2)3;;;/h4H,1-3H2;;;/q-3;;;. The third-order valence-corrected chi connectivity index (χ3v) is 0. The molecule has 0 aliphatic carbocycles. The first-order valence-electron chi connectivity index (χ1n) is 1.22. The predicted octanol–water partition coefficient (Wildman–Crippen LogP) is 1.10. The molecule has 0 N–H and O–H groups in total. The maximum Gasteiger partial charge on any atom is 0 e. The van der Waals surface area contributed by atoms with Gasteiger partial charge in [0.15, 0.2) is 0 Å². The minimum Gasteiger partial charge on any atom is -0.447 e. The van der Waals surface area contributed by atoms with Gasteiger partial charge in [-0.3, -0.25) is 0 Å². The Morgan fingerprint density at radius 2 is 0.714 bits per heavy atom. The van der Waals surface area contributed by atoms with Gasteiger partial charge in [0.05, 0.1) is 0 Å². The van der Waals surface area contributed by atoms with Crippen LogP contribution in [0.3, 0.4) is 0 Å². The topological polar surface area (TPSA) is 0 Å². The van der Waals surface area contributed by atoms with Crippen LogP contribution >= 0.6 is 0 Å². The Kier molecular flexibility index (Phi) is 51.8. The summed E-state index contributed by atoms with van der Waals surface area (Å²) in [5.74, 6) is 0.0833. The molecule has 0 aliphatic rings. The minimum absolute atomic E-state index is 0. The second-order valence-corrected chi connectivity index (χ2v) is 0.866. The van der Waals surface area contributed by atoms with Crippen molar-refractivity contribution < 1.29 is 98.1 Å². The quantitative estimate of drug-likeness (QED) is 0.586. The van der Waals surface area contributed by atoms with Gasteiger partial charge in [-0.2, -0.15) is 0 Å². The van der Waals surface area contributed by atoms with Crippen LogP contribution in [0.15, 0.2) is 0 Å². The number of rotatable bonds is 0. The molecule has 7 heavy (non-hydrogen) atoms. The van der Waals surface area contributed by atoms with E-state index >= 15 is 0 Å². The first kappa shape index (κ1) is 22.4. The van der Waals surface area contributed by atoms with E-state index in [9.17, 15) is 0 Å². The van der Waals surface area contributed by atoms with Crippen LogP contribution in [0.25, 0.3) is 0 Å². The molecule has 0 aromatic carbocycles. The molecule has 0 heterocycles. The van der Waals surface area contributed by atoms with Crippen molar-refractivity contribution in [2.24, 2.45) is 5.92 Å². The zero-order valence-corrected chi connectivity index (χ0v) is 12.9. The van der Waals surface area contributed by atoms with Gasteiger partial charge in [-0.15, -0.1) is 0 Å². The van der Waals surface area contributed by atoms with Crippen molar-refractivity contribution in [3.05, 3.63) is 20.8 Å². The minimum atomic E-state index is 0. The molecule has 0 spiro atoms. The summed E-state index contributed by atoms with van der Waals surface area (Å²) in [6.07, 6.45) is 0. The molecule has 3 heteroatoms. The van der Waals surface area contributed by atoms with E-state index in [0.29, 0.717) is 0 Å². The number of hydrogen-bond donors (Lipinski definition) is 0. The van der Waals surface area contributed by atoms with Crippen LogP contribution in [-0.2, 0) is 98.1 Å². The SMILES string of the molecule is [CH2-]C([CH2-])[CH2-].[Y].[Y].[Y]. The van der Waals surface area contributed by atoms with Crippen molar-refractivity contribution in [2.45, 2.75) is 0 Å². The molecule has 0 aromatic heterocycles. The smallest absolute Gasteiger partial charge is 0 e. The Labute approximate surface area is 122 Å². The molecule has 0 nitrogen and oxygen atoms in total. The van der Waals surface area contributed by atoms with E-state index in [2.05, 4.69) is 20.8 Å². The summed E-state index contributed by atoms with van der Waals surface area (Å²) in [7, 11) is 0. The zero-order valence-electron chi connectivity index (χ0n) is 4.43. The van der Waals surface area contributed by atoms with Crippen molar-refractivity contribution >= 4 is 0 Å². The second-order valence-electron chi connectivity index (χ2n) is 0.866. The monoisotopic (exact) mass is 322 g/mol. The summed E-state index contributed by atoms with van der Waals surface area (Å²) in [4.78, 5) is 0. The third kappa shape index (κ3) is 45.4. The van der Waals surface area contributed by atoms with Gasteiger partial charge in [0, 0.05) is 98.1 Å². The summed E-state index contributed by atoms with van der Waals surface area (Å²) in [5.41, 5.74) is 0.